The molecule has 0 fully saturated rings. The van der Waals surface area contributed by atoms with Gasteiger partial charge in [-0.2, -0.15) is 0 Å². The maximum atomic E-state index is 6.25. The summed E-state index contributed by atoms with van der Waals surface area (Å²) in [5, 5.41) is 0. The number of nitrogens with zero attached hydrogens (tertiary/aromatic N) is 1. The van der Waals surface area contributed by atoms with Gasteiger partial charge in [-0.1, -0.05) is 32.9 Å². The lowest BCUT2D eigenvalue weighted by atomic mass is 9.83. The number of nitrogens with two attached hydrogens (primary N) is 1. The second-order valence-corrected chi connectivity index (χ2v) is 5.61. The van der Waals surface area contributed by atoms with Gasteiger partial charge in [-0.05, 0) is 37.0 Å². The molecular weight excluding hydrogens is 244 g/mol. The Hall–Kier alpha value is -0.730. The van der Waals surface area contributed by atoms with Gasteiger partial charge >= 0.3 is 0 Å². The van der Waals surface area contributed by atoms with Crippen molar-refractivity contribution in [3.8, 4) is 0 Å². The van der Waals surface area contributed by atoms with Crippen molar-refractivity contribution in [2.24, 2.45) is 11.1 Å². The van der Waals surface area contributed by atoms with Crippen LogP contribution in [0.1, 0.15) is 46.2 Å². The van der Waals surface area contributed by atoms with Crippen molar-refractivity contribution in [2.75, 3.05) is 18.0 Å². The largest absolute Gasteiger partial charge is 0.372 e. The number of anilines is 1. The molecule has 0 amide bonds. The summed E-state index contributed by atoms with van der Waals surface area (Å²) in [7, 11) is 0. The maximum Gasteiger partial charge on any atom is 0.0366 e. The molecule has 2 N–H and O–H groups in total. The van der Waals surface area contributed by atoms with E-state index in [0.717, 1.165) is 13.1 Å². The minimum absolute atomic E-state index is 0. The van der Waals surface area contributed by atoms with Crippen LogP contribution in [0.15, 0.2) is 24.3 Å². The van der Waals surface area contributed by atoms with Crippen LogP contribution in [0.3, 0.4) is 0 Å². The minimum Gasteiger partial charge on any atom is -0.372 e. The third-order valence-corrected chi connectivity index (χ3v) is 3.31. The Labute approximate surface area is 118 Å². The molecule has 104 valence electrons. The Morgan fingerprint density at radius 3 is 1.83 bits per heavy atom. The predicted octanol–water partition coefficient (Wildman–Crippen LogP) is 4.00. The molecule has 0 saturated carbocycles. The first kappa shape index (κ1) is 17.3. The van der Waals surface area contributed by atoms with Gasteiger partial charge in [-0.15, -0.1) is 12.4 Å². The van der Waals surface area contributed by atoms with E-state index in [1.807, 2.05) is 0 Å². The van der Waals surface area contributed by atoms with Crippen LogP contribution in [-0.4, -0.2) is 13.1 Å². The zero-order valence-electron chi connectivity index (χ0n) is 12.2. The fraction of sp³-hybridized carbons (Fsp3) is 0.600. The van der Waals surface area contributed by atoms with Crippen LogP contribution in [0.4, 0.5) is 5.69 Å². The molecule has 1 aromatic carbocycles. The molecule has 0 aliphatic heterocycles. The van der Waals surface area contributed by atoms with Crippen molar-refractivity contribution in [1.82, 2.24) is 0 Å². The average molecular weight is 271 g/mol. The highest BCUT2D eigenvalue weighted by Gasteiger charge is 2.22. The Morgan fingerprint density at radius 2 is 1.50 bits per heavy atom. The molecule has 2 nitrogen and oxygen atoms in total. The van der Waals surface area contributed by atoms with E-state index in [1.165, 1.54) is 11.3 Å². The van der Waals surface area contributed by atoms with Crippen molar-refractivity contribution in [3.63, 3.8) is 0 Å². The van der Waals surface area contributed by atoms with Gasteiger partial charge in [0.05, 0.1) is 0 Å². The van der Waals surface area contributed by atoms with Gasteiger partial charge < -0.3 is 10.6 Å². The summed E-state index contributed by atoms with van der Waals surface area (Å²) in [5.41, 5.74) is 8.85. The molecule has 0 aliphatic rings. The fourth-order valence-electron chi connectivity index (χ4n) is 1.98. The monoisotopic (exact) mass is 270 g/mol. The van der Waals surface area contributed by atoms with E-state index in [0.29, 0.717) is 0 Å². The van der Waals surface area contributed by atoms with Gasteiger partial charge in [0.1, 0.15) is 0 Å². The van der Waals surface area contributed by atoms with Crippen LogP contribution in [0, 0.1) is 5.41 Å². The Balaban J connectivity index is 0.00000289. The Bertz CT molecular complexity index is 337. The predicted molar refractivity (Wildman–Crippen MR) is 83.6 cm³/mol. The summed E-state index contributed by atoms with van der Waals surface area (Å²) < 4.78 is 0. The SMILES string of the molecule is CCN(CC)c1ccc([C@H](N)C(C)(C)C)cc1.Cl. The molecule has 0 radical (unpaired) electrons. The number of halogens is 1. The molecule has 0 unspecified atom stereocenters. The fourth-order valence-corrected chi connectivity index (χ4v) is 1.98. The Morgan fingerprint density at radius 1 is 1.06 bits per heavy atom. The van der Waals surface area contributed by atoms with Crippen molar-refractivity contribution < 1.29 is 0 Å². The summed E-state index contributed by atoms with van der Waals surface area (Å²) in [6, 6.07) is 8.75. The second-order valence-electron chi connectivity index (χ2n) is 5.61. The highest BCUT2D eigenvalue weighted by molar-refractivity contribution is 5.85. The van der Waals surface area contributed by atoms with Crippen LogP contribution in [0.5, 0.6) is 0 Å². The van der Waals surface area contributed by atoms with E-state index in [2.05, 4.69) is 63.8 Å². The standard InChI is InChI=1S/C15H26N2.ClH/c1-6-17(7-2)13-10-8-12(9-11-13)14(16)15(3,4)5;/h8-11,14H,6-7,16H2,1-5H3;1H/t14-;/m0./s1. The molecule has 3 heteroatoms. The smallest absolute Gasteiger partial charge is 0.0366 e. The van der Waals surface area contributed by atoms with Crippen LogP contribution >= 0.6 is 12.4 Å². The summed E-state index contributed by atoms with van der Waals surface area (Å²) in [5.74, 6) is 0. The molecule has 0 aliphatic carbocycles. The molecule has 1 aromatic rings. The van der Waals surface area contributed by atoms with Crippen molar-refractivity contribution in [2.45, 2.75) is 40.7 Å². The number of rotatable bonds is 4. The molecule has 0 bridgehead atoms. The van der Waals surface area contributed by atoms with Crippen molar-refractivity contribution in [1.29, 1.82) is 0 Å². The van der Waals surface area contributed by atoms with Gasteiger partial charge in [0, 0.05) is 24.8 Å². The van der Waals surface area contributed by atoms with Crippen LogP contribution < -0.4 is 10.6 Å². The summed E-state index contributed by atoms with van der Waals surface area (Å²) in [6.45, 7) is 13.0. The normalized spacial score (nSPS) is 12.8. The molecular formula is C15H27ClN2. The lowest BCUT2D eigenvalue weighted by molar-refractivity contribution is 0.327. The van der Waals surface area contributed by atoms with Gasteiger partial charge in [-0.25, -0.2) is 0 Å². The Kier molecular flexibility index (Phi) is 6.72. The number of hydrogen-bond acceptors (Lipinski definition) is 2. The third-order valence-electron chi connectivity index (χ3n) is 3.31. The van der Waals surface area contributed by atoms with E-state index in [-0.39, 0.29) is 23.9 Å². The van der Waals surface area contributed by atoms with Gasteiger partial charge in [0.15, 0.2) is 0 Å². The summed E-state index contributed by atoms with van der Waals surface area (Å²) in [6.07, 6.45) is 0. The molecule has 0 saturated heterocycles. The average Bonchev–Trinajstić information content (AvgIpc) is 2.29. The number of hydrogen-bond donors (Lipinski definition) is 1. The first-order chi connectivity index (χ1) is 7.90. The molecule has 0 aromatic heterocycles. The van der Waals surface area contributed by atoms with Gasteiger partial charge in [0.25, 0.3) is 0 Å². The van der Waals surface area contributed by atoms with Crippen LogP contribution in [0.25, 0.3) is 0 Å². The molecule has 0 spiro atoms. The maximum absolute atomic E-state index is 6.25. The van der Waals surface area contributed by atoms with E-state index in [4.69, 9.17) is 5.73 Å². The van der Waals surface area contributed by atoms with E-state index in [9.17, 15) is 0 Å². The summed E-state index contributed by atoms with van der Waals surface area (Å²) in [4.78, 5) is 2.34. The lowest BCUT2D eigenvalue weighted by Crippen LogP contribution is -2.26. The number of benzene rings is 1. The van der Waals surface area contributed by atoms with Gasteiger partial charge in [-0.3, -0.25) is 0 Å². The highest BCUT2D eigenvalue weighted by Crippen LogP contribution is 2.31. The zero-order chi connectivity index (χ0) is 13.1. The zero-order valence-corrected chi connectivity index (χ0v) is 13.1. The van der Waals surface area contributed by atoms with E-state index < -0.39 is 0 Å². The van der Waals surface area contributed by atoms with Crippen molar-refractivity contribution in [3.05, 3.63) is 29.8 Å². The first-order valence-electron chi connectivity index (χ1n) is 6.50. The minimum atomic E-state index is 0. The molecule has 18 heavy (non-hydrogen) atoms. The van der Waals surface area contributed by atoms with Gasteiger partial charge in [0.2, 0.25) is 0 Å². The summed E-state index contributed by atoms with van der Waals surface area (Å²) >= 11 is 0. The first-order valence-corrected chi connectivity index (χ1v) is 6.50. The second kappa shape index (κ2) is 7.01. The van der Waals surface area contributed by atoms with E-state index >= 15 is 0 Å². The topological polar surface area (TPSA) is 29.3 Å². The molecule has 0 heterocycles. The molecule has 1 atom stereocenters. The van der Waals surface area contributed by atoms with Crippen LogP contribution in [-0.2, 0) is 0 Å². The lowest BCUT2D eigenvalue weighted by Gasteiger charge is -2.28. The third kappa shape index (κ3) is 4.18. The van der Waals surface area contributed by atoms with Crippen LogP contribution in [0.2, 0.25) is 0 Å². The van der Waals surface area contributed by atoms with Crippen molar-refractivity contribution >= 4 is 18.1 Å². The van der Waals surface area contributed by atoms with E-state index in [1.54, 1.807) is 0 Å². The quantitative estimate of drug-likeness (QED) is 0.896. The molecule has 1 rings (SSSR count). The highest BCUT2D eigenvalue weighted by atomic mass is 35.5.